The highest BCUT2D eigenvalue weighted by Gasteiger charge is 2.19. The number of nitrogens with zero attached hydrogens (tertiary/aromatic N) is 3. The predicted octanol–water partition coefficient (Wildman–Crippen LogP) is 1.59. The first-order valence-electron chi connectivity index (χ1n) is 6.04. The molecule has 6 nitrogen and oxygen atoms in total. The first kappa shape index (κ1) is 15.3. The Labute approximate surface area is 112 Å². The summed E-state index contributed by atoms with van der Waals surface area (Å²) in [4.78, 5) is 16.9. The van der Waals surface area contributed by atoms with Gasteiger partial charge in [0.25, 0.3) is 5.69 Å². The van der Waals surface area contributed by atoms with Gasteiger partial charge in [0.05, 0.1) is 17.2 Å². The van der Waals surface area contributed by atoms with E-state index in [2.05, 4.69) is 11.6 Å². The normalized spacial score (nSPS) is 10.7. The van der Waals surface area contributed by atoms with Gasteiger partial charge in [-0.05, 0) is 13.8 Å². The topological polar surface area (TPSA) is 79.5 Å². The van der Waals surface area contributed by atoms with Crippen molar-refractivity contribution >= 4 is 5.69 Å². The van der Waals surface area contributed by atoms with Crippen LogP contribution in [0.25, 0.3) is 0 Å². The molecule has 1 aromatic heterocycles. The van der Waals surface area contributed by atoms with Gasteiger partial charge in [-0.1, -0.05) is 6.08 Å². The zero-order valence-electron chi connectivity index (χ0n) is 11.3. The molecule has 0 fully saturated rings. The summed E-state index contributed by atoms with van der Waals surface area (Å²) >= 11 is 0. The minimum Gasteiger partial charge on any atom is -0.395 e. The van der Waals surface area contributed by atoms with Crippen molar-refractivity contribution in [2.24, 2.45) is 0 Å². The van der Waals surface area contributed by atoms with Gasteiger partial charge in [-0.15, -0.1) is 6.58 Å². The number of hydrogen-bond acceptors (Lipinski definition) is 5. The zero-order chi connectivity index (χ0) is 14.4. The molecule has 1 rings (SSSR count). The van der Waals surface area contributed by atoms with Gasteiger partial charge in [-0.3, -0.25) is 20.0 Å². The van der Waals surface area contributed by atoms with E-state index < -0.39 is 0 Å². The van der Waals surface area contributed by atoms with Crippen LogP contribution in [-0.4, -0.2) is 39.6 Å². The molecule has 0 aliphatic carbocycles. The van der Waals surface area contributed by atoms with E-state index in [1.165, 1.54) is 6.20 Å². The number of nitro groups is 1. The Morgan fingerprint density at radius 2 is 2.26 bits per heavy atom. The summed E-state index contributed by atoms with van der Waals surface area (Å²) in [6.07, 6.45) is 3.25. The number of rotatable bonds is 7. The molecule has 0 saturated heterocycles. The Morgan fingerprint density at radius 3 is 2.79 bits per heavy atom. The van der Waals surface area contributed by atoms with Crippen LogP contribution in [-0.2, 0) is 6.54 Å². The quantitative estimate of drug-likeness (QED) is 0.460. The largest absolute Gasteiger partial charge is 0.395 e. The van der Waals surface area contributed by atoms with Gasteiger partial charge in [0.15, 0.2) is 0 Å². The fourth-order valence-electron chi connectivity index (χ4n) is 1.98. The number of aryl methyl sites for hydroxylation is 1. The maximum atomic E-state index is 11.0. The lowest BCUT2D eigenvalue weighted by Gasteiger charge is -2.20. The molecule has 0 atom stereocenters. The highest BCUT2D eigenvalue weighted by molar-refractivity contribution is 5.47. The van der Waals surface area contributed by atoms with Crippen molar-refractivity contribution in [2.75, 3.05) is 19.7 Å². The summed E-state index contributed by atoms with van der Waals surface area (Å²) in [6.45, 7) is 8.61. The van der Waals surface area contributed by atoms with Crippen molar-refractivity contribution in [3.63, 3.8) is 0 Å². The molecular formula is C13H19N3O3. The van der Waals surface area contributed by atoms with Crippen LogP contribution >= 0.6 is 0 Å². The van der Waals surface area contributed by atoms with Crippen LogP contribution in [0.4, 0.5) is 5.69 Å². The highest BCUT2D eigenvalue weighted by Crippen LogP contribution is 2.24. The predicted molar refractivity (Wildman–Crippen MR) is 72.9 cm³/mol. The smallest absolute Gasteiger partial charge is 0.278 e. The Morgan fingerprint density at radius 1 is 1.58 bits per heavy atom. The minimum atomic E-state index is -0.375. The molecule has 1 aromatic rings. The van der Waals surface area contributed by atoms with Gasteiger partial charge in [0.1, 0.15) is 0 Å². The van der Waals surface area contributed by atoms with Gasteiger partial charge in [0, 0.05) is 37.0 Å². The molecule has 0 radical (unpaired) electrons. The van der Waals surface area contributed by atoms with E-state index in [9.17, 15) is 10.1 Å². The van der Waals surface area contributed by atoms with E-state index in [0.29, 0.717) is 36.5 Å². The third-order valence-electron chi connectivity index (χ3n) is 2.94. The van der Waals surface area contributed by atoms with E-state index in [4.69, 9.17) is 5.11 Å². The van der Waals surface area contributed by atoms with Crippen LogP contribution in [0.3, 0.4) is 0 Å². The maximum absolute atomic E-state index is 11.0. The number of aliphatic hydroxyl groups is 1. The summed E-state index contributed by atoms with van der Waals surface area (Å²) in [7, 11) is 0. The van der Waals surface area contributed by atoms with Gasteiger partial charge < -0.3 is 5.11 Å². The molecule has 104 valence electrons. The Bertz CT molecular complexity index is 474. The molecule has 19 heavy (non-hydrogen) atoms. The molecule has 0 unspecified atom stereocenters. The molecule has 0 aromatic carbocycles. The van der Waals surface area contributed by atoms with Crippen molar-refractivity contribution in [3.05, 3.63) is 45.8 Å². The van der Waals surface area contributed by atoms with Crippen molar-refractivity contribution in [2.45, 2.75) is 20.4 Å². The van der Waals surface area contributed by atoms with Crippen LogP contribution in [0, 0.1) is 24.0 Å². The van der Waals surface area contributed by atoms with Gasteiger partial charge in [-0.2, -0.15) is 0 Å². The Kier molecular flexibility index (Phi) is 5.59. The number of aromatic nitrogens is 1. The van der Waals surface area contributed by atoms with Crippen molar-refractivity contribution in [3.8, 4) is 0 Å². The SMILES string of the molecule is C=CCN(CCO)Cc1ncc(C)c([N+](=O)[O-])c1C. The monoisotopic (exact) mass is 265 g/mol. The van der Waals surface area contributed by atoms with Crippen molar-refractivity contribution in [1.29, 1.82) is 0 Å². The molecular weight excluding hydrogens is 246 g/mol. The number of aliphatic hydroxyl groups excluding tert-OH is 1. The fourth-order valence-corrected chi connectivity index (χ4v) is 1.98. The van der Waals surface area contributed by atoms with Crippen LogP contribution in [0.2, 0.25) is 0 Å². The summed E-state index contributed by atoms with van der Waals surface area (Å²) in [5.74, 6) is 0. The first-order valence-corrected chi connectivity index (χ1v) is 6.04. The minimum absolute atomic E-state index is 0.0286. The summed E-state index contributed by atoms with van der Waals surface area (Å²) in [5, 5.41) is 20.0. The molecule has 0 aliphatic heterocycles. The molecule has 0 amide bonds. The van der Waals surface area contributed by atoms with E-state index in [-0.39, 0.29) is 17.2 Å². The molecule has 0 aliphatic rings. The molecule has 1 heterocycles. The molecule has 0 spiro atoms. The second kappa shape index (κ2) is 6.96. The standard InChI is InChI=1S/C13H19N3O3/c1-4-5-15(6-7-17)9-12-11(3)13(16(18)19)10(2)8-14-12/h4,8,17H,1,5-7,9H2,2-3H3. The lowest BCUT2D eigenvalue weighted by Crippen LogP contribution is -2.27. The lowest BCUT2D eigenvalue weighted by molar-refractivity contribution is -0.386. The van der Waals surface area contributed by atoms with E-state index >= 15 is 0 Å². The summed E-state index contributed by atoms with van der Waals surface area (Å²) < 4.78 is 0. The Balaban J connectivity index is 3.03. The van der Waals surface area contributed by atoms with Gasteiger partial charge in [-0.25, -0.2) is 0 Å². The van der Waals surface area contributed by atoms with Crippen LogP contribution in [0.5, 0.6) is 0 Å². The number of hydrogen-bond donors (Lipinski definition) is 1. The van der Waals surface area contributed by atoms with Crippen LogP contribution < -0.4 is 0 Å². The fraction of sp³-hybridized carbons (Fsp3) is 0.462. The second-order valence-corrected chi connectivity index (χ2v) is 4.37. The molecule has 0 bridgehead atoms. The average Bonchev–Trinajstić information content (AvgIpc) is 2.33. The van der Waals surface area contributed by atoms with Crippen molar-refractivity contribution < 1.29 is 10.0 Å². The van der Waals surface area contributed by atoms with E-state index in [1.807, 2.05) is 4.90 Å². The van der Waals surface area contributed by atoms with Gasteiger partial charge in [0.2, 0.25) is 0 Å². The highest BCUT2D eigenvalue weighted by atomic mass is 16.6. The lowest BCUT2D eigenvalue weighted by atomic mass is 10.1. The molecule has 1 N–H and O–H groups in total. The average molecular weight is 265 g/mol. The van der Waals surface area contributed by atoms with Gasteiger partial charge >= 0.3 is 0 Å². The summed E-state index contributed by atoms with van der Waals surface area (Å²) in [6, 6.07) is 0. The number of pyridine rings is 1. The van der Waals surface area contributed by atoms with E-state index in [1.54, 1.807) is 19.9 Å². The van der Waals surface area contributed by atoms with E-state index in [0.717, 1.165) is 0 Å². The maximum Gasteiger partial charge on any atom is 0.278 e. The second-order valence-electron chi connectivity index (χ2n) is 4.37. The van der Waals surface area contributed by atoms with Crippen molar-refractivity contribution in [1.82, 2.24) is 9.88 Å². The zero-order valence-corrected chi connectivity index (χ0v) is 11.3. The third kappa shape index (κ3) is 3.84. The summed E-state index contributed by atoms with van der Waals surface area (Å²) in [5.41, 5.74) is 1.92. The molecule has 0 saturated carbocycles. The third-order valence-corrected chi connectivity index (χ3v) is 2.94. The van der Waals surface area contributed by atoms with Crippen LogP contribution in [0.1, 0.15) is 16.8 Å². The first-order chi connectivity index (χ1) is 9.01. The van der Waals surface area contributed by atoms with Crippen LogP contribution in [0.15, 0.2) is 18.9 Å². The Hall–Kier alpha value is -1.79. The molecule has 6 heteroatoms.